The van der Waals surface area contributed by atoms with E-state index in [9.17, 15) is 60.7 Å². The van der Waals surface area contributed by atoms with E-state index in [1.165, 1.54) is 0 Å². The zero-order valence-electron chi connectivity index (χ0n) is 21.8. The normalized spacial score (nSPS) is 37.7. The van der Waals surface area contributed by atoms with Crippen molar-refractivity contribution in [3.05, 3.63) is 0 Å². The fourth-order valence-corrected chi connectivity index (χ4v) is 4.36. The van der Waals surface area contributed by atoms with E-state index in [0.717, 1.165) is 13.8 Å². The van der Waals surface area contributed by atoms with Crippen LogP contribution in [0.4, 0.5) is 0 Å². The van der Waals surface area contributed by atoms with Crippen molar-refractivity contribution in [1.82, 2.24) is 10.6 Å². The van der Waals surface area contributed by atoms with Crippen LogP contribution in [0, 0.1) is 0 Å². The molecule has 0 aromatic carbocycles. The highest BCUT2D eigenvalue weighted by Crippen LogP contribution is 2.26. The SMILES string of the molecule is CC(=O)N[C@H]1[C@H](OC[C@@H](O)[C@H](O[C@@H]2O[C@H](CO)[C@H](O)[C@H](O)[C@H]2O)[C@H](O)[C@H](CO)NC(C)=O)O[C@H](CO)[C@@H](O)[C@@H]1O. The summed E-state index contributed by atoms with van der Waals surface area (Å²) in [6, 6.07) is -2.81. The number of hydrogen-bond donors (Lipinski definition) is 12. The van der Waals surface area contributed by atoms with Gasteiger partial charge in [0.2, 0.25) is 11.8 Å². The minimum absolute atomic E-state index is 0.642. The van der Waals surface area contributed by atoms with E-state index in [1.807, 2.05) is 0 Å². The van der Waals surface area contributed by atoms with Crippen LogP contribution in [0.5, 0.6) is 0 Å². The number of ether oxygens (including phenoxy) is 4. The second-order valence-electron chi connectivity index (χ2n) is 9.61. The van der Waals surface area contributed by atoms with E-state index in [4.69, 9.17) is 18.9 Å². The molecule has 0 saturated carbocycles. The molecule has 0 bridgehead atoms. The van der Waals surface area contributed by atoms with Crippen LogP contribution in [-0.2, 0) is 28.5 Å². The van der Waals surface area contributed by atoms with Gasteiger partial charge in [0.15, 0.2) is 12.6 Å². The highest BCUT2D eigenvalue weighted by Gasteiger charge is 2.48. The maximum atomic E-state index is 11.6. The molecular formula is C22H40N2O16. The molecule has 0 aliphatic carbocycles. The first-order chi connectivity index (χ1) is 18.8. The van der Waals surface area contributed by atoms with Gasteiger partial charge in [-0.1, -0.05) is 0 Å². The van der Waals surface area contributed by atoms with Gasteiger partial charge in [0.05, 0.1) is 32.5 Å². The van der Waals surface area contributed by atoms with Gasteiger partial charge in [-0.05, 0) is 0 Å². The molecule has 2 aliphatic rings. The van der Waals surface area contributed by atoms with E-state index in [-0.39, 0.29) is 0 Å². The number of carbonyl (C=O) groups is 2. The van der Waals surface area contributed by atoms with Crippen LogP contribution in [-0.4, -0.2) is 175 Å². The Morgan fingerprint density at radius 2 is 1.35 bits per heavy atom. The number of rotatable bonds is 13. The van der Waals surface area contributed by atoms with Gasteiger partial charge in [0.1, 0.15) is 67.1 Å². The lowest BCUT2D eigenvalue weighted by molar-refractivity contribution is -0.329. The van der Waals surface area contributed by atoms with E-state index in [0.29, 0.717) is 0 Å². The average Bonchev–Trinajstić information content (AvgIpc) is 2.91. The Hall–Kier alpha value is -1.62. The smallest absolute Gasteiger partial charge is 0.217 e. The first-order valence-corrected chi connectivity index (χ1v) is 12.5. The molecule has 2 rings (SSSR count). The van der Waals surface area contributed by atoms with Gasteiger partial charge < -0.3 is 80.6 Å². The van der Waals surface area contributed by atoms with Crippen molar-refractivity contribution in [2.24, 2.45) is 0 Å². The molecule has 12 N–H and O–H groups in total. The van der Waals surface area contributed by atoms with Gasteiger partial charge in [0, 0.05) is 13.8 Å². The number of carbonyl (C=O) groups excluding carboxylic acids is 2. The van der Waals surface area contributed by atoms with E-state index in [2.05, 4.69) is 10.6 Å². The number of amides is 2. The third kappa shape index (κ3) is 8.46. The van der Waals surface area contributed by atoms with Gasteiger partial charge in [-0.25, -0.2) is 0 Å². The second-order valence-corrected chi connectivity index (χ2v) is 9.61. The highest BCUT2D eigenvalue weighted by molar-refractivity contribution is 5.73. The van der Waals surface area contributed by atoms with Gasteiger partial charge in [-0.3, -0.25) is 9.59 Å². The van der Waals surface area contributed by atoms with E-state index >= 15 is 0 Å². The monoisotopic (exact) mass is 588 g/mol. The van der Waals surface area contributed by atoms with Crippen LogP contribution in [0.3, 0.4) is 0 Å². The zero-order valence-corrected chi connectivity index (χ0v) is 21.8. The van der Waals surface area contributed by atoms with Crippen molar-refractivity contribution in [2.75, 3.05) is 26.4 Å². The van der Waals surface area contributed by atoms with Crippen LogP contribution in [0.1, 0.15) is 13.8 Å². The van der Waals surface area contributed by atoms with Gasteiger partial charge in [-0.15, -0.1) is 0 Å². The first kappa shape index (κ1) is 34.6. The molecule has 2 fully saturated rings. The standard InChI is InChI=1S/C22H40N2O16/c1-7(28)23-9(3-25)14(31)20(40-22-19(36)18(35)16(33)12(5-27)39-22)10(30)6-37-21-13(24-8(2)29)17(34)15(32)11(4-26)38-21/h9-22,25-27,30-36H,3-6H2,1-2H3,(H,23,28)(H,24,29)/t9-,10+,11+,12+,13+,14+,15+,16-,17+,18-,19+,20-,21+,22-/m0/s1. The maximum absolute atomic E-state index is 11.6. The summed E-state index contributed by atoms with van der Waals surface area (Å²) in [5.74, 6) is -1.32. The maximum Gasteiger partial charge on any atom is 0.217 e. The molecule has 18 heteroatoms. The molecular weight excluding hydrogens is 548 g/mol. The Morgan fingerprint density at radius 3 is 1.85 bits per heavy atom. The van der Waals surface area contributed by atoms with Gasteiger partial charge in [-0.2, -0.15) is 0 Å². The van der Waals surface area contributed by atoms with Crippen LogP contribution in [0.25, 0.3) is 0 Å². The number of aliphatic hydroxyl groups is 10. The van der Waals surface area contributed by atoms with Crippen molar-refractivity contribution in [1.29, 1.82) is 0 Å². The Bertz CT molecular complexity index is 807. The zero-order chi connectivity index (χ0) is 30.3. The van der Waals surface area contributed by atoms with Gasteiger partial charge >= 0.3 is 0 Å². The van der Waals surface area contributed by atoms with E-state index < -0.39 is 124 Å². The molecule has 234 valence electrons. The van der Waals surface area contributed by atoms with Crippen LogP contribution in [0.15, 0.2) is 0 Å². The predicted molar refractivity (Wildman–Crippen MR) is 127 cm³/mol. The van der Waals surface area contributed by atoms with Crippen molar-refractivity contribution in [2.45, 2.75) is 99.6 Å². The first-order valence-electron chi connectivity index (χ1n) is 12.5. The fourth-order valence-electron chi connectivity index (χ4n) is 4.36. The van der Waals surface area contributed by atoms with E-state index in [1.54, 1.807) is 0 Å². The molecule has 0 radical (unpaired) electrons. The fraction of sp³-hybridized carbons (Fsp3) is 0.909. The number of nitrogens with one attached hydrogen (secondary N) is 2. The minimum atomic E-state index is -1.94. The molecule has 40 heavy (non-hydrogen) atoms. The lowest BCUT2D eigenvalue weighted by Gasteiger charge is -2.44. The average molecular weight is 589 g/mol. The third-order valence-electron chi connectivity index (χ3n) is 6.54. The number of hydrogen-bond acceptors (Lipinski definition) is 16. The van der Waals surface area contributed by atoms with Crippen LogP contribution >= 0.6 is 0 Å². The molecule has 0 aromatic heterocycles. The number of aliphatic hydroxyl groups excluding tert-OH is 10. The molecule has 0 spiro atoms. The second kappa shape index (κ2) is 15.6. The molecule has 2 saturated heterocycles. The summed E-state index contributed by atoms with van der Waals surface area (Å²) >= 11 is 0. The lowest BCUT2D eigenvalue weighted by atomic mass is 9.96. The van der Waals surface area contributed by atoms with Crippen molar-refractivity contribution >= 4 is 11.8 Å². The van der Waals surface area contributed by atoms with Gasteiger partial charge in [0.25, 0.3) is 0 Å². The quantitative estimate of drug-likeness (QED) is 0.0950. The van der Waals surface area contributed by atoms with Crippen molar-refractivity contribution in [3.63, 3.8) is 0 Å². The molecule has 0 aromatic rings. The van der Waals surface area contributed by atoms with Crippen LogP contribution in [0.2, 0.25) is 0 Å². The Kier molecular flexibility index (Phi) is 13.5. The molecule has 18 nitrogen and oxygen atoms in total. The summed E-state index contributed by atoms with van der Waals surface area (Å²) < 4.78 is 21.7. The Balaban J connectivity index is 2.28. The summed E-state index contributed by atoms with van der Waals surface area (Å²) in [5, 5.41) is 106. The van der Waals surface area contributed by atoms with Crippen molar-refractivity contribution in [3.8, 4) is 0 Å². The molecule has 14 atom stereocenters. The predicted octanol–water partition coefficient (Wildman–Crippen LogP) is -7.65. The molecule has 2 aliphatic heterocycles. The summed E-state index contributed by atoms with van der Waals surface area (Å²) in [7, 11) is 0. The lowest BCUT2D eigenvalue weighted by Crippen LogP contribution is -2.65. The van der Waals surface area contributed by atoms with Crippen molar-refractivity contribution < 1.29 is 79.6 Å². The summed E-state index contributed by atoms with van der Waals surface area (Å²) in [5.41, 5.74) is 0. The summed E-state index contributed by atoms with van der Waals surface area (Å²) in [6.45, 7) is -1.01. The molecule has 2 amide bonds. The minimum Gasteiger partial charge on any atom is -0.394 e. The highest BCUT2D eigenvalue weighted by atomic mass is 16.7. The Labute approximate surface area is 228 Å². The van der Waals surface area contributed by atoms with Crippen LogP contribution < -0.4 is 10.6 Å². The Morgan fingerprint density at radius 1 is 0.800 bits per heavy atom. The summed E-state index contributed by atoms with van der Waals surface area (Å²) in [6.07, 6.45) is -20.7. The summed E-state index contributed by atoms with van der Waals surface area (Å²) in [4.78, 5) is 23.2. The molecule has 2 heterocycles. The largest absolute Gasteiger partial charge is 0.394 e. The third-order valence-corrected chi connectivity index (χ3v) is 6.54. The molecule has 0 unspecified atom stereocenters. The topological polar surface area (TPSA) is 297 Å².